The van der Waals surface area contributed by atoms with Gasteiger partial charge >= 0.3 is 6.15 Å². The highest BCUT2D eigenvalue weighted by atomic mass is 32.1. The van der Waals surface area contributed by atoms with E-state index >= 15 is 0 Å². The van der Waals surface area contributed by atoms with Crippen LogP contribution in [0, 0.1) is 27.7 Å². The van der Waals surface area contributed by atoms with Crippen LogP contribution in [0.5, 0.6) is 11.5 Å². The monoisotopic (exact) mass is 1190 g/mol. The van der Waals surface area contributed by atoms with Gasteiger partial charge in [0, 0.05) is 63.1 Å². The zero-order valence-corrected chi connectivity index (χ0v) is 54.3. The third-order valence-electron chi connectivity index (χ3n) is 15.4. The van der Waals surface area contributed by atoms with Crippen LogP contribution in [0.15, 0.2) is 42.5 Å². The zero-order valence-electron chi connectivity index (χ0n) is 48.6. The largest absolute Gasteiger partial charge is 0.491 e. The van der Waals surface area contributed by atoms with Crippen LogP contribution < -0.4 is 14.0 Å². The first kappa shape index (κ1) is 61.3. The van der Waals surface area contributed by atoms with E-state index in [9.17, 15) is 0 Å². The van der Waals surface area contributed by atoms with Crippen molar-refractivity contribution >= 4 is 139 Å². The van der Waals surface area contributed by atoms with Crippen molar-refractivity contribution in [1.82, 2.24) is 13.2 Å². The average molecular weight is 1200 g/mol. The van der Waals surface area contributed by atoms with Gasteiger partial charge in [-0.1, -0.05) is 155 Å². The lowest BCUT2D eigenvalue weighted by Gasteiger charge is -2.23. The Kier molecular flexibility index (Phi) is 23.2. The van der Waals surface area contributed by atoms with Gasteiger partial charge in [-0.25, -0.2) is 0 Å². The van der Waals surface area contributed by atoms with E-state index in [1.54, 1.807) is 4.88 Å². The smallest absolute Gasteiger partial charge is 0.373 e. The molecule has 8 heterocycles. The Balaban J connectivity index is 0.000000249. The molecule has 0 saturated carbocycles. The second-order valence-electron chi connectivity index (χ2n) is 22.0. The number of thiophene rings is 6. The number of hydrogen-bond donors (Lipinski definition) is 0. The maximum absolute atomic E-state index is 8.12. The average Bonchev–Trinajstić information content (AvgIpc) is 4.30. The van der Waals surface area contributed by atoms with Crippen LogP contribution in [-0.2, 0) is 16.0 Å². The second-order valence-corrected chi connectivity index (χ2v) is 29.6. The fourth-order valence-corrected chi connectivity index (χ4v) is 19.1. The molecule has 0 unspecified atom stereocenters. The predicted molar refractivity (Wildman–Crippen MR) is 350 cm³/mol. The van der Waals surface area contributed by atoms with Crippen LogP contribution in [0.1, 0.15) is 187 Å². The summed E-state index contributed by atoms with van der Waals surface area (Å²) in [7, 11) is 4.56. The van der Waals surface area contributed by atoms with Gasteiger partial charge in [-0.15, -0.1) is 68.0 Å². The summed E-state index contributed by atoms with van der Waals surface area (Å²) in [5.41, 5.74) is 7.29. The molecule has 9 aromatic rings. The molecule has 0 aliphatic carbocycles. The van der Waals surface area contributed by atoms with Crippen LogP contribution >= 0.6 is 79.7 Å². The van der Waals surface area contributed by atoms with Gasteiger partial charge in [-0.05, 0) is 77.1 Å². The molecule has 424 valence electrons. The lowest BCUT2D eigenvalue weighted by molar-refractivity contribution is -0.191. The fraction of sp³-hybridized carbons (Fsp3) is 0.523. The quantitative estimate of drug-likeness (QED) is 0.0343. The van der Waals surface area contributed by atoms with Gasteiger partial charge in [-0.3, -0.25) is 4.48 Å². The zero-order chi connectivity index (χ0) is 55.9. The van der Waals surface area contributed by atoms with E-state index in [4.69, 9.17) is 19.1 Å². The highest BCUT2D eigenvalue weighted by Gasteiger charge is 2.41. The molecule has 0 atom stereocenters. The van der Waals surface area contributed by atoms with Gasteiger partial charge in [0.25, 0.3) is 0 Å². The molecule has 1 aliphatic rings. The van der Waals surface area contributed by atoms with Gasteiger partial charge in [-0.2, -0.15) is 18.3 Å². The van der Waals surface area contributed by atoms with Gasteiger partial charge in [0.2, 0.25) is 0 Å². The van der Waals surface area contributed by atoms with E-state index < -0.39 is 0 Å². The Hall–Kier alpha value is -3.82. The summed E-state index contributed by atoms with van der Waals surface area (Å²) in [5, 5.41) is 3.97. The number of benzene rings is 2. The molecule has 0 amide bonds. The van der Waals surface area contributed by atoms with Crippen molar-refractivity contribution in [2.75, 3.05) is 27.3 Å². The SMILES string of the molecule is CCCCCCCCCCCCc1cc2c(C)sc(-c3cc4c(OCCCCCCCC)c5sc(C)cc5c(OCCCCCCCC)c4s3)c2s1.Cc1cc2c(s1)-c1sc(-c3ccc(C)c4nsnc34)cc1[N+]2(C)C.O=C=O. The molecule has 14 heteroatoms. The topological polar surface area (TPSA) is 78.4 Å². The molecular formula is C65H84N3O4S7+. The van der Waals surface area contributed by atoms with Gasteiger partial charge in [0.1, 0.15) is 32.3 Å². The number of ether oxygens (including phenoxy) is 2. The second kappa shape index (κ2) is 29.9. The van der Waals surface area contributed by atoms with Gasteiger partial charge < -0.3 is 9.47 Å². The van der Waals surface area contributed by atoms with Crippen molar-refractivity contribution in [2.24, 2.45) is 0 Å². The van der Waals surface area contributed by atoms with Gasteiger partial charge in [0.15, 0.2) is 11.4 Å². The Morgan fingerprint density at radius 2 is 1.00 bits per heavy atom. The molecule has 7 aromatic heterocycles. The standard InChI is InChI=1S/C46H68O2S4.C18H16N3S3.CO2/c1-6-9-12-15-18-19-20-21-22-25-28-36-32-37-35(5)50-46(45(37)51-36)40-33-39-42(48-30-27-24-17-14-11-8-3)43-38(31-34(4)49-43)41(44(39)52-40)47-29-26-23-16-13-10-7-2;1-9-5-6-11(16-15(9)19-24-20-16)14-8-13-18(23-14)17-12(21(13,3)4)7-10(2)22-17;2-1-3/h31-33H,6-30H2,1-5H3;5-8H,1-4H3;/q;+1;. The Labute approximate surface area is 499 Å². The first-order valence-corrected chi connectivity index (χ1v) is 35.1. The Morgan fingerprint density at radius 1 is 0.481 bits per heavy atom. The minimum absolute atomic E-state index is 0.250. The molecule has 0 fully saturated rings. The first-order chi connectivity index (χ1) is 38.4. The van der Waals surface area contributed by atoms with Crippen molar-refractivity contribution in [3.8, 4) is 41.4 Å². The minimum atomic E-state index is 0.250. The van der Waals surface area contributed by atoms with Crippen molar-refractivity contribution in [2.45, 2.75) is 196 Å². The number of nitrogens with zero attached hydrogens (tertiary/aromatic N) is 3. The summed E-state index contributed by atoms with van der Waals surface area (Å²) in [5.74, 6) is 2.17. The van der Waals surface area contributed by atoms with Crippen molar-refractivity contribution in [3.63, 3.8) is 0 Å². The molecule has 7 nitrogen and oxygen atoms in total. The molecule has 2 aromatic carbocycles. The number of fused-ring (bicyclic) bond motifs is 7. The number of aryl methyl sites for hydroxylation is 5. The number of quaternary nitrogens is 1. The molecule has 0 radical (unpaired) electrons. The molecular weight excluding hydrogens is 1110 g/mol. The molecule has 1 aliphatic heterocycles. The number of carbonyl (C=O) groups excluding carboxylic acids is 2. The first-order valence-electron chi connectivity index (χ1n) is 29.5. The highest BCUT2D eigenvalue weighted by Crippen LogP contribution is 2.60. The summed E-state index contributed by atoms with van der Waals surface area (Å²) in [4.78, 5) is 28.9. The summed E-state index contributed by atoms with van der Waals surface area (Å²) in [6.07, 6.45) is 30.7. The molecule has 0 N–H and O–H groups in total. The number of rotatable bonds is 29. The lowest BCUT2D eigenvalue weighted by atomic mass is 10.1. The van der Waals surface area contributed by atoms with Crippen LogP contribution in [0.2, 0.25) is 0 Å². The Bertz CT molecular complexity index is 3330. The minimum Gasteiger partial charge on any atom is -0.491 e. The summed E-state index contributed by atoms with van der Waals surface area (Å²) < 4.78 is 27.5. The lowest BCUT2D eigenvalue weighted by Crippen LogP contribution is -2.31. The van der Waals surface area contributed by atoms with Gasteiger partial charge in [0.05, 0.1) is 58.0 Å². The van der Waals surface area contributed by atoms with Crippen molar-refractivity contribution in [1.29, 1.82) is 0 Å². The summed E-state index contributed by atoms with van der Waals surface area (Å²) >= 11 is 12.9. The van der Waals surface area contributed by atoms with E-state index in [1.807, 2.05) is 56.7 Å². The summed E-state index contributed by atoms with van der Waals surface area (Å²) in [6, 6.07) is 16.4. The van der Waals surface area contributed by atoms with E-state index in [0.717, 1.165) is 53.1 Å². The van der Waals surface area contributed by atoms with Crippen LogP contribution in [0.25, 0.3) is 71.2 Å². The highest BCUT2D eigenvalue weighted by molar-refractivity contribution is 7.31. The number of aromatic nitrogens is 2. The van der Waals surface area contributed by atoms with E-state index in [-0.39, 0.29) is 6.15 Å². The normalized spacial score (nSPS) is 12.5. The predicted octanol–water partition coefficient (Wildman–Crippen LogP) is 23.0. The third-order valence-corrected chi connectivity index (χ3v) is 23.2. The molecule has 0 spiro atoms. The van der Waals surface area contributed by atoms with E-state index in [2.05, 4.69) is 125 Å². The van der Waals surface area contributed by atoms with Crippen molar-refractivity contribution < 1.29 is 19.1 Å². The van der Waals surface area contributed by atoms with Crippen LogP contribution in [0.4, 0.5) is 11.4 Å². The van der Waals surface area contributed by atoms with E-state index in [1.165, 1.54) is 238 Å². The van der Waals surface area contributed by atoms with E-state index in [0.29, 0.717) is 0 Å². The summed E-state index contributed by atoms with van der Waals surface area (Å²) in [6.45, 7) is 17.3. The van der Waals surface area contributed by atoms with Crippen LogP contribution in [0.3, 0.4) is 0 Å². The third kappa shape index (κ3) is 14.9. The van der Waals surface area contributed by atoms with Crippen molar-refractivity contribution in [3.05, 3.63) is 67.5 Å². The molecule has 0 bridgehead atoms. The Morgan fingerprint density at radius 3 is 1.62 bits per heavy atom. The molecule has 10 rings (SSSR count). The molecule has 0 saturated heterocycles. The maximum Gasteiger partial charge on any atom is 0.373 e. The van der Waals surface area contributed by atoms with Crippen LogP contribution in [-0.4, -0.2) is 42.2 Å². The molecule has 79 heavy (non-hydrogen) atoms. The fourth-order valence-electron chi connectivity index (χ4n) is 11.0. The number of hydrogen-bond acceptors (Lipinski definition) is 13. The number of unbranched alkanes of at least 4 members (excludes halogenated alkanes) is 19. The maximum atomic E-state index is 8.12.